The van der Waals surface area contributed by atoms with Crippen LogP contribution in [0.15, 0.2) is 18.2 Å². The van der Waals surface area contributed by atoms with Gasteiger partial charge in [-0.3, -0.25) is 9.59 Å². The van der Waals surface area contributed by atoms with Crippen LogP contribution in [0, 0.1) is 0 Å². The van der Waals surface area contributed by atoms with Crippen LogP contribution in [0.25, 0.3) is 0 Å². The molecular formula is C28H43N3O11. The van der Waals surface area contributed by atoms with Crippen LogP contribution in [-0.2, 0) is 35.0 Å². The van der Waals surface area contributed by atoms with Gasteiger partial charge in [0, 0.05) is 26.5 Å². The Morgan fingerprint density at radius 3 is 2.29 bits per heavy atom. The van der Waals surface area contributed by atoms with Crippen LogP contribution in [0.3, 0.4) is 0 Å². The van der Waals surface area contributed by atoms with Crippen molar-refractivity contribution in [2.75, 3.05) is 33.7 Å². The number of carbonyl (C=O) groups is 5. The van der Waals surface area contributed by atoms with Crippen molar-refractivity contribution in [2.24, 2.45) is 0 Å². The van der Waals surface area contributed by atoms with Crippen molar-refractivity contribution in [3.63, 3.8) is 0 Å². The molecule has 0 heterocycles. The molecule has 0 aromatic heterocycles. The van der Waals surface area contributed by atoms with Gasteiger partial charge in [0.25, 0.3) is 0 Å². The molecule has 0 spiro atoms. The summed E-state index contributed by atoms with van der Waals surface area (Å²) < 4.78 is 20.5. The van der Waals surface area contributed by atoms with E-state index in [9.17, 15) is 29.1 Å². The fourth-order valence-electron chi connectivity index (χ4n) is 3.63. The summed E-state index contributed by atoms with van der Waals surface area (Å²) in [4.78, 5) is 61.6. The number of benzene rings is 1. The summed E-state index contributed by atoms with van der Waals surface area (Å²) in [5.74, 6) is -3.99. The Morgan fingerprint density at radius 1 is 0.976 bits per heavy atom. The van der Waals surface area contributed by atoms with Gasteiger partial charge in [0.2, 0.25) is 11.8 Å². The van der Waals surface area contributed by atoms with E-state index in [0.29, 0.717) is 12.1 Å². The highest BCUT2D eigenvalue weighted by Crippen LogP contribution is 2.21. The Balaban J connectivity index is 3.22. The van der Waals surface area contributed by atoms with E-state index in [1.807, 2.05) is 6.92 Å². The number of aliphatic carboxylic acids is 1. The molecule has 0 aliphatic heterocycles. The fraction of sp³-hybridized carbons (Fsp3) is 0.607. The topological polar surface area (TPSA) is 199 Å². The molecule has 0 saturated carbocycles. The first-order chi connectivity index (χ1) is 19.8. The van der Waals surface area contributed by atoms with E-state index in [1.54, 1.807) is 20.8 Å². The average molecular weight is 598 g/mol. The molecule has 0 unspecified atom stereocenters. The first kappa shape index (κ1) is 36.1. The smallest absolute Gasteiger partial charge is 0.408 e. The number of amides is 3. The van der Waals surface area contributed by atoms with Gasteiger partial charge in [-0.2, -0.15) is 0 Å². The number of ether oxygens (including phenoxy) is 4. The minimum absolute atomic E-state index is 0.0261. The molecule has 1 aromatic carbocycles. The Hall–Kier alpha value is -3.91. The van der Waals surface area contributed by atoms with Gasteiger partial charge in [0.05, 0.1) is 6.61 Å². The lowest BCUT2D eigenvalue weighted by molar-refractivity contribution is -0.139. The molecule has 236 valence electrons. The normalized spacial score (nSPS) is 12.5. The van der Waals surface area contributed by atoms with Crippen molar-refractivity contribution in [1.82, 2.24) is 16.0 Å². The van der Waals surface area contributed by atoms with Crippen molar-refractivity contribution in [2.45, 2.75) is 77.5 Å². The summed E-state index contributed by atoms with van der Waals surface area (Å²) in [6.07, 6.45) is 1.65. The van der Waals surface area contributed by atoms with Gasteiger partial charge in [0.1, 0.15) is 35.8 Å². The molecule has 0 fully saturated rings. The monoisotopic (exact) mass is 597 g/mol. The standard InChI is InChI=1S/C28H43N3O11/c1-6-7-8-12-29-24(34)21(15-18-9-10-22(41-16-23(32)33)19(14-18)26(36)37)30-25(35)20(11-13-40-17-39-5)31-27(38)42-28(2,3)4/h9-10,14,20-21H,6-8,11-13,15-17H2,1-5H3,(H,29,34)(H,30,35)(H,31,38)(H,32,33)(H,36,37)/t20-,21-/m0/s1. The summed E-state index contributed by atoms with van der Waals surface area (Å²) in [6, 6.07) is 1.74. The molecule has 0 aliphatic carbocycles. The number of carboxylic acids is 2. The number of alkyl carbamates (subject to hydrolysis) is 1. The van der Waals surface area contributed by atoms with Gasteiger partial charge in [-0.25, -0.2) is 14.4 Å². The maximum Gasteiger partial charge on any atom is 0.408 e. The Morgan fingerprint density at radius 2 is 1.69 bits per heavy atom. The number of nitrogens with one attached hydrogen (secondary N) is 3. The summed E-state index contributed by atoms with van der Waals surface area (Å²) in [5.41, 5.74) is -0.757. The zero-order valence-electron chi connectivity index (χ0n) is 24.8. The molecule has 0 radical (unpaired) electrons. The molecule has 42 heavy (non-hydrogen) atoms. The van der Waals surface area contributed by atoms with E-state index < -0.39 is 54.1 Å². The first-order valence-corrected chi connectivity index (χ1v) is 13.6. The molecule has 0 saturated heterocycles. The number of unbranched alkanes of at least 4 members (excludes halogenated alkanes) is 2. The second-order valence-electron chi connectivity index (χ2n) is 10.4. The quantitative estimate of drug-likeness (QED) is 0.116. The third-order valence-corrected chi connectivity index (χ3v) is 5.54. The summed E-state index contributed by atoms with van der Waals surface area (Å²) >= 11 is 0. The predicted octanol–water partition coefficient (Wildman–Crippen LogP) is 2.09. The second-order valence-corrected chi connectivity index (χ2v) is 10.4. The van der Waals surface area contributed by atoms with Crippen molar-refractivity contribution in [3.05, 3.63) is 29.3 Å². The largest absolute Gasteiger partial charge is 0.481 e. The van der Waals surface area contributed by atoms with Crippen molar-refractivity contribution in [1.29, 1.82) is 0 Å². The molecule has 0 aliphatic rings. The molecule has 3 amide bonds. The number of rotatable bonds is 19. The number of aromatic carboxylic acids is 1. The predicted molar refractivity (Wildman–Crippen MR) is 150 cm³/mol. The highest BCUT2D eigenvalue weighted by Gasteiger charge is 2.29. The molecule has 1 aromatic rings. The lowest BCUT2D eigenvalue weighted by Crippen LogP contribution is -2.55. The van der Waals surface area contributed by atoms with Gasteiger partial charge < -0.3 is 45.1 Å². The highest BCUT2D eigenvalue weighted by molar-refractivity contribution is 5.92. The third-order valence-electron chi connectivity index (χ3n) is 5.54. The number of methoxy groups -OCH3 is 1. The Bertz CT molecular complexity index is 1060. The third kappa shape index (κ3) is 14.6. The maximum atomic E-state index is 13.3. The zero-order chi connectivity index (χ0) is 31.7. The van der Waals surface area contributed by atoms with Gasteiger partial charge in [-0.05, 0) is 44.9 Å². The highest BCUT2D eigenvalue weighted by atomic mass is 16.7. The van der Waals surface area contributed by atoms with E-state index in [2.05, 4.69) is 16.0 Å². The molecule has 14 heteroatoms. The van der Waals surface area contributed by atoms with Gasteiger partial charge >= 0.3 is 18.0 Å². The van der Waals surface area contributed by atoms with Crippen LogP contribution in [0.1, 0.15) is 69.3 Å². The SMILES string of the molecule is CCCCCNC(=O)[C@H](Cc1ccc(OCC(=O)O)c(C(=O)O)c1)NC(=O)[C@H](CCOCOC)NC(=O)OC(C)(C)C. The number of carbonyl (C=O) groups excluding carboxylic acids is 3. The van der Waals surface area contributed by atoms with E-state index in [4.69, 9.17) is 24.1 Å². The van der Waals surface area contributed by atoms with Crippen molar-refractivity contribution in [3.8, 4) is 5.75 Å². The van der Waals surface area contributed by atoms with Crippen LogP contribution in [0.4, 0.5) is 4.79 Å². The van der Waals surface area contributed by atoms with Gasteiger partial charge in [-0.1, -0.05) is 25.8 Å². The number of carboxylic acid groups (broad SMARTS) is 2. The first-order valence-electron chi connectivity index (χ1n) is 13.6. The van der Waals surface area contributed by atoms with E-state index in [0.717, 1.165) is 19.3 Å². The van der Waals surface area contributed by atoms with Crippen molar-refractivity contribution < 1.29 is 53.1 Å². The second kappa shape index (κ2) is 18.5. The van der Waals surface area contributed by atoms with E-state index in [-0.39, 0.29) is 37.6 Å². The molecule has 1 rings (SSSR count). The lowest BCUT2D eigenvalue weighted by atomic mass is 10.0. The van der Waals surface area contributed by atoms with Crippen molar-refractivity contribution >= 4 is 29.8 Å². The van der Waals surface area contributed by atoms with Crippen LogP contribution in [0.5, 0.6) is 5.75 Å². The zero-order valence-corrected chi connectivity index (χ0v) is 24.8. The summed E-state index contributed by atoms with van der Waals surface area (Å²) in [7, 11) is 1.44. The average Bonchev–Trinajstić information content (AvgIpc) is 2.90. The van der Waals surface area contributed by atoms with Gasteiger partial charge in [-0.15, -0.1) is 0 Å². The minimum atomic E-state index is -1.36. The lowest BCUT2D eigenvalue weighted by Gasteiger charge is -2.25. The molecule has 2 atom stereocenters. The van der Waals surface area contributed by atoms with Crippen LogP contribution in [-0.4, -0.2) is 91.4 Å². The molecule has 14 nitrogen and oxygen atoms in total. The molecule has 0 bridgehead atoms. The number of hydrogen-bond acceptors (Lipinski definition) is 9. The Labute approximate surface area is 245 Å². The van der Waals surface area contributed by atoms with Crippen LogP contribution >= 0.6 is 0 Å². The summed E-state index contributed by atoms with van der Waals surface area (Å²) in [6.45, 7) is 6.69. The maximum absolute atomic E-state index is 13.3. The van der Waals surface area contributed by atoms with Crippen LogP contribution in [0.2, 0.25) is 0 Å². The number of hydrogen-bond donors (Lipinski definition) is 5. The molecular weight excluding hydrogens is 554 g/mol. The molecule has 5 N–H and O–H groups in total. The minimum Gasteiger partial charge on any atom is -0.481 e. The summed E-state index contributed by atoms with van der Waals surface area (Å²) in [5, 5.41) is 26.4. The van der Waals surface area contributed by atoms with E-state index in [1.165, 1.54) is 25.3 Å². The van der Waals surface area contributed by atoms with E-state index >= 15 is 0 Å². The Kier molecular flexibility index (Phi) is 15.9. The fourth-order valence-corrected chi connectivity index (χ4v) is 3.63. The van der Waals surface area contributed by atoms with Crippen LogP contribution < -0.4 is 20.7 Å². The van der Waals surface area contributed by atoms with Gasteiger partial charge in [0.15, 0.2) is 6.61 Å².